The highest BCUT2D eigenvalue weighted by molar-refractivity contribution is 7.98. The van der Waals surface area contributed by atoms with Crippen molar-refractivity contribution in [1.82, 2.24) is 4.98 Å². The Morgan fingerprint density at radius 3 is 2.50 bits per heavy atom. The lowest BCUT2D eigenvalue weighted by atomic mass is 10.1. The van der Waals surface area contributed by atoms with Gasteiger partial charge in [-0.3, -0.25) is 4.79 Å². The molecule has 28 heavy (non-hydrogen) atoms. The number of carbonyl (C=O) groups excluding carboxylic acids is 1. The molecule has 0 radical (unpaired) electrons. The first kappa shape index (κ1) is 19.2. The zero-order valence-electron chi connectivity index (χ0n) is 15.4. The van der Waals surface area contributed by atoms with Crippen LogP contribution in [0.4, 0.5) is 5.69 Å². The Bertz CT molecular complexity index is 1100. The number of thioether (sulfide) groups is 1. The van der Waals surface area contributed by atoms with E-state index in [1.807, 2.05) is 56.3 Å². The van der Waals surface area contributed by atoms with E-state index in [-0.39, 0.29) is 5.91 Å². The average molecular weight is 429 g/mol. The highest BCUT2D eigenvalue weighted by atomic mass is 35.5. The minimum atomic E-state index is -0.0852. The predicted molar refractivity (Wildman–Crippen MR) is 119 cm³/mol. The molecule has 2 N–H and O–H groups in total. The van der Waals surface area contributed by atoms with Crippen molar-refractivity contribution in [2.75, 3.05) is 5.32 Å². The standard InChI is InChI=1S/C22H18Cl2N2OS/c1-12-8-13(2)25-21(12)10-16-15-9-14(6-7-20(15)26-22(16)27)28-11-17-18(23)4-3-5-19(17)24/h3-10,25H,11H2,1-2H3,(H,26,27)/b16-10-. The van der Waals surface area contributed by atoms with Crippen LogP contribution >= 0.6 is 35.0 Å². The normalized spacial score (nSPS) is 14.4. The highest BCUT2D eigenvalue weighted by Gasteiger charge is 2.25. The van der Waals surface area contributed by atoms with Gasteiger partial charge in [-0.2, -0.15) is 0 Å². The van der Waals surface area contributed by atoms with Gasteiger partial charge in [0, 0.05) is 43.3 Å². The van der Waals surface area contributed by atoms with E-state index in [4.69, 9.17) is 23.2 Å². The molecule has 6 heteroatoms. The van der Waals surface area contributed by atoms with Crippen molar-refractivity contribution in [2.45, 2.75) is 24.5 Å². The molecule has 0 fully saturated rings. The smallest absolute Gasteiger partial charge is 0.256 e. The van der Waals surface area contributed by atoms with Crippen LogP contribution in [0.1, 0.15) is 28.1 Å². The molecule has 3 aromatic rings. The van der Waals surface area contributed by atoms with Crippen molar-refractivity contribution in [3.63, 3.8) is 0 Å². The van der Waals surface area contributed by atoms with Gasteiger partial charge in [0.2, 0.25) is 0 Å². The van der Waals surface area contributed by atoms with Crippen LogP contribution in [-0.2, 0) is 10.5 Å². The molecule has 0 bridgehead atoms. The Morgan fingerprint density at radius 2 is 1.82 bits per heavy atom. The lowest BCUT2D eigenvalue weighted by Crippen LogP contribution is -2.03. The quantitative estimate of drug-likeness (QED) is 0.357. The minimum Gasteiger partial charge on any atom is -0.359 e. The van der Waals surface area contributed by atoms with E-state index >= 15 is 0 Å². The van der Waals surface area contributed by atoms with Crippen molar-refractivity contribution in [3.8, 4) is 0 Å². The van der Waals surface area contributed by atoms with Crippen molar-refractivity contribution >= 4 is 58.2 Å². The van der Waals surface area contributed by atoms with Gasteiger partial charge in [-0.25, -0.2) is 0 Å². The maximum Gasteiger partial charge on any atom is 0.256 e. The van der Waals surface area contributed by atoms with Crippen molar-refractivity contribution in [1.29, 1.82) is 0 Å². The van der Waals surface area contributed by atoms with E-state index < -0.39 is 0 Å². The Labute approximate surface area is 178 Å². The average Bonchev–Trinajstić information content (AvgIpc) is 3.13. The van der Waals surface area contributed by atoms with Crippen LogP contribution in [0.15, 0.2) is 47.4 Å². The number of hydrogen-bond acceptors (Lipinski definition) is 2. The molecule has 0 saturated carbocycles. The van der Waals surface area contributed by atoms with E-state index in [0.29, 0.717) is 21.4 Å². The number of benzene rings is 2. The summed E-state index contributed by atoms with van der Waals surface area (Å²) >= 11 is 14.2. The molecule has 2 heterocycles. The largest absolute Gasteiger partial charge is 0.359 e. The van der Waals surface area contributed by atoms with Crippen LogP contribution < -0.4 is 5.32 Å². The van der Waals surface area contributed by atoms with Gasteiger partial charge >= 0.3 is 0 Å². The minimum absolute atomic E-state index is 0.0852. The third kappa shape index (κ3) is 3.72. The number of anilines is 1. The summed E-state index contributed by atoms with van der Waals surface area (Å²) < 4.78 is 0. The van der Waals surface area contributed by atoms with Crippen LogP contribution in [0, 0.1) is 13.8 Å². The number of hydrogen-bond donors (Lipinski definition) is 2. The summed E-state index contributed by atoms with van der Waals surface area (Å²) in [4.78, 5) is 16.9. The van der Waals surface area contributed by atoms with Gasteiger partial charge in [-0.1, -0.05) is 29.3 Å². The molecular weight excluding hydrogens is 411 g/mol. The van der Waals surface area contributed by atoms with Crippen LogP contribution in [0.3, 0.4) is 0 Å². The van der Waals surface area contributed by atoms with E-state index in [2.05, 4.69) is 16.4 Å². The zero-order chi connectivity index (χ0) is 19.8. The molecule has 0 aliphatic carbocycles. The van der Waals surface area contributed by atoms with E-state index in [1.54, 1.807) is 11.8 Å². The molecule has 0 spiro atoms. The third-order valence-electron chi connectivity index (χ3n) is 4.70. The van der Waals surface area contributed by atoms with Gasteiger partial charge in [0.05, 0.1) is 5.57 Å². The first-order chi connectivity index (χ1) is 13.4. The molecule has 0 atom stereocenters. The van der Waals surface area contributed by atoms with Crippen LogP contribution in [-0.4, -0.2) is 10.9 Å². The Morgan fingerprint density at radius 1 is 1.07 bits per heavy atom. The number of aromatic nitrogens is 1. The molecule has 3 nitrogen and oxygen atoms in total. The van der Waals surface area contributed by atoms with Crippen molar-refractivity contribution in [2.24, 2.45) is 0 Å². The molecular formula is C22H18Cl2N2OS. The molecule has 1 aromatic heterocycles. The van der Waals surface area contributed by atoms with Gasteiger partial charge in [0.1, 0.15) is 0 Å². The molecule has 1 aliphatic heterocycles. The van der Waals surface area contributed by atoms with E-state index in [0.717, 1.165) is 38.7 Å². The topological polar surface area (TPSA) is 44.9 Å². The second-order valence-electron chi connectivity index (χ2n) is 6.76. The maximum absolute atomic E-state index is 12.5. The summed E-state index contributed by atoms with van der Waals surface area (Å²) in [5.74, 6) is 0.574. The van der Waals surface area contributed by atoms with Gasteiger partial charge in [-0.05, 0) is 67.4 Å². The molecule has 0 saturated heterocycles. The molecule has 0 unspecified atom stereocenters. The summed E-state index contributed by atoms with van der Waals surface area (Å²) in [6, 6.07) is 13.6. The van der Waals surface area contributed by atoms with Gasteiger partial charge in [-0.15, -0.1) is 11.8 Å². The zero-order valence-corrected chi connectivity index (χ0v) is 17.7. The van der Waals surface area contributed by atoms with Crippen LogP contribution in [0.5, 0.6) is 0 Å². The van der Waals surface area contributed by atoms with Crippen LogP contribution in [0.2, 0.25) is 10.0 Å². The number of halogens is 2. The second-order valence-corrected chi connectivity index (χ2v) is 8.62. The first-order valence-electron chi connectivity index (χ1n) is 8.82. The molecule has 4 rings (SSSR count). The molecule has 2 aromatic carbocycles. The summed E-state index contributed by atoms with van der Waals surface area (Å²) in [6.45, 7) is 4.04. The lowest BCUT2D eigenvalue weighted by molar-refractivity contribution is -0.110. The fourth-order valence-corrected chi connectivity index (χ4v) is 4.95. The second kappa shape index (κ2) is 7.70. The number of aryl methyl sites for hydroxylation is 2. The fourth-order valence-electron chi connectivity index (χ4n) is 3.27. The summed E-state index contributed by atoms with van der Waals surface area (Å²) in [7, 11) is 0. The SMILES string of the molecule is Cc1cc(C)c(/C=C2\C(=O)Nc3ccc(SCc4c(Cl)cccc4Cl)cc32)[nH]1. The summed E-state index contributed by atoms with van der Waals surface area (Å²) in [5, 5.41) is 4.27. The van der Waals surface area contributed by atoms with Crippen LogP contribution in [0.25, 0.3) is 11.6 Å². The fraction of sp³-hybridized carbons (Fsp3) is 0.136. The van der Waals surface area contributed by atoms with Crippen molar-refractivity contribution in [3.05, 3.63) is 80.6 Å². The Hall–Kier alpha value is -2.14. The predicted octanol–water partition coefficient (Wildman–Crippen LogP) is 6.72. The van der Waals surface area contributed by atoms with E-state index in [1.165, 1.54) is 0 Å². The van der Waals surface area contributed by atoms with Crippen molar-refractivity contribution < 1.29 is 4.79 Å². The first-order valence-corrected chi connectivity index (χ1v) is 10.6. The number of rotatable bonds is 4. The lowest BCUT2D eigenvalue weighted by Gasteiger charge is -2.08. The Kier molecular flexibility index (Phi) is 5.28. The highest BCUT2D eigenvalue weighted by Crippen LogP contribution is 2.38. The van der Waals surface area contributed by atoms with Gasteiger partial charge < -0.3 is 10.3 Å². The number of carbonyl (C=O) groups is 1. The maximum atomic E-state index is 12.5. The number of amides is 1. The third-order valence-corrected chi connectivity index (χ3v) is 6.43. The molecule has 1 aliphatic rings. The summed E-state index contributed by atoms with van der Waals surface area (Å²) in [6.07, 6.45) is 1.92. The van der Waals surface area contributed by atoms with Gasteiger partial charge in [0.15, 0.2) is 0 Å². The number of H-pyrrole nitrogens is 1. The molecule has 142 valence electrons. The summed E-state index contributed by atoms with van der Waals surface area (Å²) in [5.41, 5.74) is 6.46. The number of aromatic amines is 1. The number of fused-ring (bicyclic) bond motifs is 1. The van der Waals surface area contributed by atoms with E-state index in [9.17, 15) is 4.79 Å². The Balaban J connectivity index is 1.63. The van der Waals surface area contributed by atoms with Gasteiger partial charge in [0.25, 0.3) is 5.91 Å². The number of nitrogens with one attached hydrogen (secondary N) is 2. The monoisotopic (exact) mass is 428 g/mol. The molecule has 1 amide bonds.